The Morgan fingerprint density at radius 3 is 2.65 bits per heavy atom. The van der Waals surface area contributed by atoms with Crippen LogP contribution >= 0.6 is 23.2 Å². The van der Waals surface area contributed by atoms with Crippen molar-refractivity contribution in [3.05, 3.63) is 33.8 Å². The van der Waals surface area contributed by atoms with Crippen LogP contribution in [-0.4, -0.2) is 31.1 Å². The Balaban J connectivity index is 2.24. The van der Waals surface area contributed by atoms with Crippen molar-refractivity contribution in [3.8, 4) is 0 Å². The summed E-state index contributed by atoms with van der Waals surface area (Å²) >= 11 is 12.4. The van der Waals surface area contributed by atoms with Crippen LogP contribution in [0.1, 0.15) is 24.9 Å². The molecule has 1 saturated heterocycles. The number of benzene rings is 1. The summed E-state index contributed by atoms with van der Waals surface area (Å²) in [7, 11) is 0. The summed E-state index contributed by atoms with van der Waals surface area (Å²) in [5.41, 5.74) is 1.16. The molecule has 1 atom stereocenters. The largest absolute Gasteiger partial charge is 0.314 e. The zero-order valence-electron chi connectivity index (χ0n) is 10.0. The van der Waals surface area contributed by atoms with Gasteiger partial charge in [-0.3, -0.25) is 4.90 Å². The van der Waals surface area contributed by atoms with Gasteiger partial charge in [-0.25, -0.2) is 0 Å². The first kappa shape index (κ1) is 13.2. The van der Waals surface area contributed by atoms with Crippen LogP contribution in [0.15, 0.2) is 18.2 Å². The quantitative estimate of drug-likeness (QED) is 0.908. The summed E-state index contributed by atoms with van der Waals surface area (Å²) in [5, 5.41) is 4.73. The average molecular weight is 273 g/mol. The zero-order valence-corrected chi connectivity index (χ0v) is 11.6. The lowest BCUT2D eigenvalue weighted by atomic mass is 10.0. The van der Waals surface area contributed by atoms with Gasteiger partial charge in [0.1, 0.15) is 0 Å². The van der Waals surface area contributed by atoms with Gasteiger partial charge in [-0.05, 0) is 18.1 Å². The van der Waals surface area contributed by atoms with Crippen molar-refractivity contribution in [1.29, 1.82) is 0 Å². The van der Waals surface area contributed by atoms with Gasteiger partial charge in [-0.2, -0.15) is 0 Å². The molecule has 1 fully saturated rings. The molecule has 0 amide bonds. The minimum Gasteiger partial charge on any atom is -0.314 e. The predicted octanol–water partition coefficient (Wildman–Crippen LogP) is 3.35. The minimum absolute atomic E-state index is 0.378. The average Bonchev–Trinajstić information content (AvgIpc) is 2.37. The molecule has 1 N–H and O–H groups in total. The number of nitrogens with one attached hydrogen (secondary N) is 1. The molecule has 0 radical (unpaired) electrons. The van der Waals surface area contributed by atoms with E-state index in [2.05, 4.69) is 23.2 Å². The molecule has 1 aromatic rings. The Labute approximate surface area is 113 Å². The van der Waals surface area contributed by atoms with Crippen LogP contribution in [0.5, 0.6) is 0 Å². The fourth-order valence-electron chi connectivity index (χ4n) is 2.45. The molecule has 2 rings (SSSR count). The van der Waals surface area contributed by atoms with Crippen molar-refractivity contribution in [2.45, 2.75) is 19.4 Å². The van der Waals surface area contributed by atoms with Gasteiger partial charge in [0.2, 0.25) is 0 Å². The van der Waals surface area contributed by atoms with E-state index in [1.165, 1.54) is 0 Å². The molecule has 94 valence electrons. The Morgan fingerprint density at radius 2 is 2.00 bits per heavy atom. The maximum Gasteiger partial charge on any atom is 0.0640 e. The van der Waals surface area contributed by atoms with Gasteiger partial charge in [0.05, 0.1) is 10.0 Å². The van der Waals surface area contributed by atoms with E-state index in [1.807, 2.05) is 12.1 Å². The molecule has 0 aliphatic carbocycles. The number of hydrogen-bond acceptors (Lipinski definition) is 2. The molecule has 0 spiro atoms. The zero-order chi connectivity index (χ0) is 12.3. The van der Waals surface area contributed by atoms with Gasteiger partial charge < -0.3 is 5.32 Å². The minimum atomic E-state index is 0.378. The van der Waals surface area contributed by atoms with E-state index in [4.69, 9.17) is 23.2 Å². The molecule has 4 heteroatoms. The summed E-state index contributed by atoms with van der Waals surface area (Å²) in [6, 6.07) is 6.29. The SMILES string of the molecule is CC[C@H](c1cccc(Cl)c1Cl)N1CCNCC1. The van der Waals surface area contributed by atoms with E-state index in [-0.39, 0.29) is 0 Å². The molecule has 1 aliphatic heterocycles. The van der Waals surface area contributed by atoms with Gasteiger partial charge >= 0.3 is 0 Å². The van der Waals surface area contributed by atoms with Crippen LogP contribution in [0.25, 0.3) is 0 Å². The third-order valence-corrected chi connectivity index (χ3v) is 4.15. The van der Waals surface area contributed by atoms with Gasteiger partial charge in [0, 0.05) is 32.2 Å². The van der Waals surface area contributed by atoms with Crippen LogP contribution in [0, 0.1) is 0 Å². The summed E-state index contributed by atoms with van der Waals surface area (Å²) in [6.07, 6.45) is 1.06. The number of nitrogens with zero attached hydrogens (tertiary/aromatic N) is 1. The van der Waals surface area contributed by atoms with E-state index in [0.717, 1.165) is 38.2 Å². The number of rotatable bonds is 3. The Kier molecular flexibility index (Phi) is 4.69. The molecular formula is C13H18Cl2N2. The van der Waals surface area contributed by atoms with Gasteiger partial charge in [-0.1, -0.05) is 42.3 Å². The van der Waals surface area contributed by atoms with Crippen molar-refractivity contribution in [1.82, 2.24) is 10.2 Å². The first-order chi connectivity index (χ1) is 8.24. The third kappa shape index (κ3) is 2.94. The van der Waals surface area contributed by atoms with Crippen molar-refractivity contribution >= 4 is 23.2 Å². The second-order valence-corrected chi connectivity index (χ2v) is 5.14. The summed E-state index contributed by atoms with van der Waals surface area (Å²) < 4.78 is 0. The fourth-order valence-corrected chi connectivity index (χ4v) is 2.88. The maximum atomic E-state index is 6.31. The normalized spacial score (nSPS) is 19.2. The summed E-state index contributed by atoms with van der Waals surface area (Å²) in [4.78, 5) is 2.48. The molecule has 1 aromatic carbocycles. The van der Waals surface area contributed by atoms with E-state index in [0.29, 0.717) is 16.1 Å². The summed E-state index contributed by atoms with van der Waals surface area (Å²) in [5.74, 6) is 0. The summed E-state index contributed by atoms with van der Waals surface area (Å²) in [6.45, 7) is 6.44. The van der Waals surface area contributed by atoms with Crippen LogP contribution < -0.4 is 5.32 Å². The molecule has 0 aromatic heterocycles. The van der Waals surface area contributed by atoms with Crippen LogP contribution in [0.3, 0.4) is 0 Å². The maximum absolute atomic E-state index is 6.31. The van der Waals surface area contributed by atoms with Crippen LogP contribution in [0.2, 0.25) is 10.0 Å². The molecule has 0 bridgehead atoms. The molecule has 1 heterocycles. The molecule has 0 unspecified atom stereocenters. The molecule has 1 aliphatic rings. The van der Waals surface area contributed by atoms with Crippen molar-refractivity contribution in [2.24, 2.45) is 0 Å². The van der Waals surface area contributed by atoms with E-state index in [1.54, 1.807) is 0 Å². The molecule has 17 heavy (non-hydrogen) atoms. The third-order valence-electron chi connectivity index (χ3n) is 3.32. The Bertz CT molecular complexity index is 376. The monoisotopic (exact) mass is 272 g/mol. The Morgan fingerprint density at radius 1 is 1.29 bits per heavy atom. The molecule has 2 nitrogen and oxygen atoms in total. The number of hydrogen-bond donors (Lipinski definition) is 1. The number of piperazine rings is 1. The van der Waals surface area contributed by atoms with Gasteiger partial charge in [-0.15, -0.1) is 0 Å². The highest BCUT2D eigenvalue weighted by molar-refractivity contribution is 6.42. The highest BCUT2D eigenvalue weighted by Gasteiger charge is 2.22. The van der Waals surface area contributed by atoms with E-state index in [9.17, 15) is 0 Å². The number of halogens is 2. The lowest BCUT2D eigenvalue weighted by Gasteiger charge is -2.35. The van der Waals surface area contributed by atoms with Gasteiger partial charge in [0.25, 0.3) is 0 Å². The smallest absolute Gasteiger partial charge is 0.0640 e. The van der Waals surface area contributed by atoms with Crippen LogP contribution in [-0.2, 0) is 0 Å². The van der Waals surface area contributed by atoms with Crippen LogP contribution in [0.4, 0.5) is 0 Å². The lowest BCUT2D eigenvalue weighted by Crippen LogP contribution is -2.45. The first-order valence-electron chi connectivity index (χ1n) is 6.12. The van der Waals surface area contributed by atoms with E-state index >= 15 is 0 Å². The molecule has 0 saturated carbocycles. The van der Waals surface area contributed by atoms with E-state index < -0.39 is 0 Å². The van der Waals surface area contributed by atoms with Crippen molar-refractivity contribution < 1.29 is 0 Å². The molecular weight excluding hydrogens is 255 g/mol. The second-order valence-electron chi connectivity index (χ2n) is 4.35. The highest BCUT2D eigenvalue weighted by Crippen LogP contribution is 2.34. The first-order valence-corrected chi connectivity index (χ1v) is 6.88. The lowest BCUT2D eigenvalue weighted by molar-refractivity contribution is 0.169. The predicted molar refractivity (Wildman–Crippen MR) is 73.9 cm³/mol. The second kappa shape index (κ2) is 6.05. The van der Waals surface area contributed by atoms with Gasteiger partial charge in [0.15, 0.2) is 0 Å². The van der Waals surface area contributed by atoms with Crippen molar-refractivity contribution in [2.75, 3.05) is 26.2 Å². The Hall–Kier alpha value is -0.280. The standard InChI is InChI=1S/C13H18Cl2N2/c1-2-12(17-8-6-16-7-9-17)10-4-3-5-11(14)13(10)15/h3-5,12,16H,2,6-9H2,1H3/t12-/m1/s1. The highest BCUT2D eigenvalue weighted by atomic mass is 35.5. The van der Waals surface area contributed by atoms with Crippen molar-refractivity contribution in [3.63, 3.8) is 0 Å². The topological polar surface area (TPSA) is 15.3 Å². The fraction of sp³-hybridized carbons (Fsp3) is 0.538.